The van der Waals surface area contributed by atoms with Crippen LogP contribution in [0.4, 0.5) is 5.82 Å². The van der Waals surface area contributed by atoms with E-state index in [0.717, 1.165) is 24.9 Å². The summed E-state index contributed by atoms with van der Waals surface area (Å²) in [4.78, 5) is 29.9. The van der Waals surface area contributed by atoms with Crippen molar-refractivity contribution in [2.75, 3.05) is 31.7 Å². The molecular formula is C21H26ClN5O4. The molecule has 3 N–H and O–H groups in total. The Labute approximate surface area is 185 Å². The van der Waals surface area contributed by atoms with Crippen LogP contribution in [-0.2, 0) is 4.74 Å². The fourth-order valence-electron chi connectivity index (χ4n) is 3.91. The van der Waals surface area contributed by atoms with Crippen LogP contribution in [0.3, 0.4) is 0 Å². The van der Waals surface area contributed by atoms with E-state index in [1.165, 1.54) is 10.7 Å². The Balaban J connectivity index is 0.00000272. The van der Waals surface area contributed by atoms with Crippen LogP contribution in [0.2, 0.25) is 0 Å². The van der Waals surface area contributed by atoms with E-state index in [-0.39, 0.29) is 30.7 Å². The lowest BCUT2D eigenvalue weighted by Crippen LogP contribution is -2.43. The molecule has 31 heavy (non-hydrogen) atoms. The largest absolute Gasteiger partial charge is 0.496 e. The van der Waals surface area contributed by atoms with E-state index in [1.54, 1.807) is 14.0 Å². The molecular weight excluding hydrogens is 422 g/mol. The fraction of sp³-hybridized carbons (Fsp3) is 0.381. The standard InChI is InChI=1S/C21H25N5O4.ClH/c1-3-30-21(28)15-12-26-18(20(27)23-15)17(14-8-4-5-9-16(14)29-2)19(24-26)25-10-6-7-13(22)11-25;/h4-5,8-9,12-13H,3,6-7,10-11,22H2,1-2H3,(H,23,27);1H/t13-;/m1./s1. The zero-order chi connectivity index (χ0) is 21.3. The van der Waals surface area contributed by atoms with Gasteiger partial charge in [0.15, 0.2) is 5.82 Å². The molecule has 1 atom stereocenters. The third-order valence-corrected chi connectivity index (χ3v) is 5.24. The number of anilines is 1. The molecule has 0 saturated carbocycles. The summed E-state index contributed by atoms with van der Waals surface area (Å²) in [5, 5.41) is 4.69. The molecule has 0 radical (unpaired) electrons. The van der Waals surface area contributed by atoms with Gasteiger partial charge in [0.05, 0.1) is 25.5 Å². The lowest BCUT2D eigenvalue weighted by molar-refractivity contribution is 0.0518. The van der Waals surface area contributed by atoms with E-state index in [9.17, 15) is 9.59 Å². The van der Waals surface area contributed by atoms with Crippen molar-refractivity contribution in [2.45, 2.75) is 25.8 Å². The number of para-hydroxylation sites is 1. The summed E-state index contributed by atoms with van der Waals surface area (Å²) in [5.74, 6) is 0.664. The highest BCUT2D eigenvalue weighted by atomic mass is 35.5. The van der Waals surface area contributed by atoms with E-state index in [2.05, 4.69) is 9.88 Å². The van der Waals surface area contributed by atoms with Crippen molar-refractivity contribution in [1.82, 2.24) is 14.6 Å². The predicted molar refractivity (Wildman–Crippen MR) is 120 cm³/mol. The van der Waals surface area contributed by atoms with E-state index in [4.69, 9.17) is 20.3 Å². The van der Waals surface area contributed by atoms with Gasteiger partial charge in [-0.05, 0) is 25.8 Å². The molecule has 1 aliphatic heterocycles. The Kier molecular flexibility index (Phi) is 6.87. The van der Waals surface area contributed by atoms with Crippen molar-refractivity contribution >= 4 is 29.7 Å². The molecule has 3 aromatic rings. The number of nitrogens with two attached hydrogens (primary N) is 1. The first-order chi connectivity index (χ1) is 14.5. The Morgan fingerprint density at radius 2 is 2.13 bits per heavy atom. The van der Waals surface area contributed by atoms with E-state index in [0.29, 0.717) is 29.2 Å². The zero-order valence-electron chi connectivity index (χ0n) is 17.5. The average molecular weight is 448 g/mol. The Bertz CT molecular complexity index is 1140. The molecule has 9 nitrogen and oxygen atoms in total. The molecule has 10 heteroatoms. The number of aromatic nitrogens is 3. The number of hydrogen-bond donors (Lipinski definition) is 2. The van der Waals surface area contributed by atoms with Crippen LogP contribution in [0.25, 0.3) is 16.6 Å². The van der Waals surface area contributed by atoms with Crippen molar-refractivity contribution in [1.29, 1.82) is 0 Å². The average Bonchev–Trinajstić information content (AvgIpc) is 3.14. The maximum atomic E-state index is 13.1. The summed E-state index contributed by atoms with van der Waals surface area (Å²) >= 11 is 0. The zero-order valence-corrected chi connectivity index (χ0v) is 18.3. The summed E-state index contributed by atoms with van der Waals surface area (Å²) in [6, 6.07) is 7.51. The summed E-state index contributed by atoms with van der Waals surface area (Å²) < 4.78 is 12.0. The summed E-state index contributed by atoms with van der Waals surface area (Å²) in [6.07, 6.45) is 3.37. The van der Waals surface area contributed by atoms with Crippen LogP contribution >= 0.6 is 12.4 Å². The van der Waals surface area contributed by atoms with Crippen LogP contribution in [0.1, 0.15) is 30.3 Å². The van der Waals surface area contributed by atoms with Crippen molar-refractivity contribution in [3.05, 3.63) is 46.5 Å². The number of H-pyrrole nitrogens is 1. The number of nitrogens with zero attached hydrogens (tertiary/aromatic N) is 3. The second-order valence-electron chi connectivity index (χ2n) is 7.26. The van der Waals surface area contributed by atoms with Crippen molar-refractivity contribution in [3.63, 3.8) is 0 Å². The molecule has 1 aliphatic rings. The molecule has 0 spiro atoms. The monoisotopic (exact) mass is 447 g/mol. The van der Waals surface area contributed by atoms with Gasteiger partial charge in [-0.15, -0.1) is 17.5 Å². The molecule has 3 heterocycles. The lowest BCUT2D eigenvalue weighted by Gasteiger charge is -2.31. The minimum Gasteiger partial charge on any atom is -0.496 e. The van der Waals surface area contributed by atoms with Crippen LogP contribution in [0.5, 0.6) is 5.75 Å². The Morgan fingerprint density at radius 1 is 1.35 bits per heavy atom. The smallest absolute Gasteiger partial charge is 0.356 e. The molecule has 0 amide bonds. The number of benzene rings is 1. The minimum atomic E-state index is -0.604. The van der Waals surface area contributed by atoms with E-state index < -0.39 is 11.5 Å². The molecule has 1 saturated heterocycles. The predicted octanol–water partition coefficient (Wildman–Crippen LogP) is 2.22. The summed E-state index contributed by atoms with van der Waals surface area (Å²) in [5.41, 5.74) is 7.55. The third kappa shape index (κ3) is 4.24. The first-order valence-corrected chi connectivity index (χ1v) is 10.00. The van der Waals surface area contributed by atoms with Gasteiger partial charge in [0.1, 0.15) is 17.0 Å². The quantitative estimate of drug-likeness (QED) is 0.576. The molecule has 166 valence electrons. The van der Waals surface area contributed by atoms with Gasteiger partial charge in [0.2, 0.25) is 0 Å². The van der Waals surface area contributed by atoms with Gasteiger partial charge < -0.3 is 25.1 Å². The highest BCUT2D eigenvalue weighted by Crippen LogP contribution is 2.39. The van der Waals surface area contributed by atoms with Gasteiger partial charge in [0, 0.05) is 24.7 Å². The van der Waals surface area contributed by atoms with Crippen LogP contribution in [-0.4, -0.2) is 53.4 Å². The van der Waals surface area contributed by atoms with Crippen LogP contribution in [0, 0.1) is 0 Å². The second-order valence-corrected chi connectivity index (χ2v) is 7.26. The maximum Gasteiger partial charge on any atom is 0.356 e. The number of rotatable bonds is 5. The first-order valence-electron chi connectivity index (χ1n) is 10.00. The molecule has 2 aromatic heterocycles. The van der Waals surface area contributed by atoms with Crippen molar-refractivity contribution in [2.24, 2.45) is 5.73 Å². The number of fused-ring (bicyclic) bond motifs is 1. The van der Waals surface area contributed by atoms with Gasteiger partial charge in [-0.3, -0.25) is 4.79 Å². The van der Waals surface area contributed by atoms with E-state index >= 15 is 0 Å². The second kappa shape index (κ2) is 9.40. The number of methoxy groups -OCH3 is 1. The number of nitrogens with one attached hydrogen (secondary N) is 1. The third-order valence-electron chi connectivity index (χ3n) is 5.24. The van der Waals surface area contributed by atoms with Gasteiger partial charge in [0.25, 0.3) is 5.56 Å². The molecule has 1 aromatic carbocycles. The SMILES string of the molecule is CCOC(=O)c1cn2nc(N3CCC[C@@H](N)C3)c(-c3ccccc3OC)c2c(=O)[nH]1.Cl. The van der Waals surface area contributed by atoms with Crippen LogP contribution < -0.4 is 20.9 Å². The van der Waals surface area contributed by atoms with Gasteiger partial charge >= 0.3 is 5.97 Å². The molecule has 4 rings (SSSR count). The maximum absolute atomic E-state index is 13.1. The molecule has 1 fully saturated rings. The molecule has 0 bridgehead atoms. The number of carbonyl (C=O) groups is 1. The highest BCUT2D eigenvalue weighted by Gasteiger charge is 2.28. The number of hydrogen-bond acceptors (Lipinski definition) is 7. The van der Waals surface area contributed by atoms with Gasteiger partial charge in [-0.2, -0.15) is 0 Å². The van der Waals surface area contributed by atoms with Crippen LogP contribution in [0.15, 0.2) is 35.3 Å². The number of halogens is 1. The lowest BCUT2D eigenvalue weighted by atomic mass is 10.0. The van der Waals surface area contributed by atoms with E-state index in [1.807, 2.05) is 24.3 Å². The minimum absolute atomic E-state index is 0. The topological polar surface area (TPSA) is 115 Å². The van der Waals surface area contributed by atoms with Crippen molar-refractivity contribution in [3.8, 4) is 16.9 Å². The molecule has 0 unspecified atom stereocenters. The Hall–Kier alpha value is -3.04. The number of piperidine rings is 1. The molecule has 0 aliphatic carbocycles. The number of carbonyl (C=O) groups excluding carboxylic acids is 1. The highest BCUT2D eigenvalue weighted by molar-refractivity contribution is 5.93. The fourth-order valence-corrected chi connectivity index (χ4v) is 3.91. The van der Waals surface area contributed by atoms with Gasteiger partial charge in [-0.1, -0.05) is 18.2 Å². The van der Waals surface area contributed by atoms with Gasteiger partial charge in [-0.25, -0.2) is 9.31 Å². The number of esters is 1. The summed E-state index contributed by atoms with van der Waals surface area (Å²) in [7, 11) is 1.59. The number of aromatic amines is 1. The Morgan fingerprint density at radius 3 is 2.84 bits per heavy atom. The van der Waals surface area contributed by atoms with Crippen molar-refractivity contribution < 1.29 is 14.3 Å². The first kappa shape index (κ1) is 22.6. The number of ether oxygens (including phenoxy) is 2. The normalized spacial score (nSPS) is 16.1. The summed E-state index contributed by atoms with van der Waals surface area (Å²) in [6.45, 7) is 3.33.